The van der Waals surface area contributed by atoms with Crippen molar-refractivity contribution in [3.63, 3.8) is 0 Å². The van der Waals surface area contributed by atoms with Gasteiger partial charge < -0.3 is 0 Å². The summed E-state index contributed by atoms with van der Waals surface area (Å²) in [6.07, 6.45) is 34.1. The maximum Gasteiger partial charge on any atom is -0.0269 e. The monoisotopic (exact) mass is 414 g/mol. The molecule has 5 fully saturated rings. The van der Waals surface area contributed by atoms with Crippen LogP contribution in [-0.2, 0) is 0 Å². The Morgan fingerprint density at radius 1 is 0.567 bits per heavy atom. The summed E-state index contributed by atoms with van der Waals surface area (Å²) in [6, 6.07) is 0. The number of hydrogen-bond acceptors (Lipinski definition) is 0. The minimum atomic E-state index is 0.795. The molecule has 0 aliphatic heterocycles. The molecule has 174 valence electrons. The molecule has 5 aliphatic rings. The quantitative estimate of drug-likeness (QED) is 0.312. The zero-order valence-electron chi connectivity index (χ0n) is 20.9. The Morgan fingerprint density at radius 3 is 1.70 bits per heavy atom. The second-order valence-corrected chi connectivity index (χ2v) is 12.7. The van der Waals surface area contributed by atoms with Gasteiger partial charge >= 0.3 is 0 Å². The molecule has 0 heteroatoms. The van der Waals surface area contributed by atoms with Gasteiger partial charge in [-0.2, -0.15) is 0 Å². The fourth-order valence-electron chi connectivity index (χ4n) is 8.85. The molecule has 0 heterocycles. The molecule has 0 nitrogen and oxygen atoms in total. The summed E-state index contributed by atoms with van der Waals surface area (Å²) in [5.74, 6) is 4.40. The van der Waals surface area contributed by atoms with Crippen LogP contribution in [0.25, 0.3) is 0 Å². The predicted molar refractivity (Wildman–Crippen MR) is 132 cm³/mol. The molecule has 0 spiro atoms. The van der Waals surface area contributed by atoms with Crippen molar-refractivity contribution in [2.24, 2.45) is 34.5 Å². The van der Waals surface area contributed by atoms with Gasteiger partial charge in [0, 0.05) is 0 Å². The lowest BCUT2D eigenvalue weighted by Crippen LogP contribution is -2.46. The average Bonchev–Trinajstić information content (AvgIpc) is 2.82. The van der Waals surface area contributed by atoms with E-state index in [0.717, 1.165) is 34.5 Å². The van der Waals surface area contributed by atoms with Crippen LogP contribution in [0, 0.1) is 34.5 Å². The van der Waals surface area contributed by atoms with Gasteiger partial charge in [-0.25, -0.2) is 0 Å². The van der Waals surface area contributed by atoms with Crippen molar-refractivity contribution in [3.8, 4) is 0 Å². The van der Waals surface area contributed by atoms with Crippen LogP contribution in [0.15, 0.2) is 0 Å². The SMILES string of the molecule is CCCCCCC12CCC(C3CCC([C@H]4CC[C@H](CCCC)CC4)CC3)(CC1)CC2. The lowest BCUT2D eigenvalue weighted by molar-refractivity contribution is -0.0680. The molecule has 5 saturated carbocycles. The lowest BCUT2D eigenvalue weighted by Gasteiger charge is -2.58. The Hall–Kier alpha value is 0. The summed E-state index contributed by atoms with van der Waals surface area (Å²) < 4.78 is 0. The predicted octanol–water partition coefficient (Wildman–Crippen LogP) is 10.1. The topological polar surface area (TPSA) is 0 Å². The van der Waals surface area contributed by atoms with Crippen molar-refractivity contribution in [3.05, 3.63) is 0 Å². The summed E-state index contributed by atoms with van der Waals surface area (Å²) in [6.45, 7) is 4.71. The van der Waals surface area contributed by atoms with Crippen LogP contribution >= 0.6 is 0 Å². The minimum absolute atomic E-state index is 0.795. The van der Waals surface area contributed by atoms with Gasteiger partial charge in [-0.05, 0) is 118 Å². The molecular weight excluding hydrogens is 360 g/mol. The van der Waals surface area contributed by atoms with Crippen LogP contribution in [0.4, 0.5) is 0 Å². The molecule has 5 aliphatic carbocycles. The smallest absolute Gasteiger partial charge is 0.0269 e. The molecule has 0 aromatic rings. The molecule has 30 heavy (non-hydrogen) atoms. The van der Waals surface area contributed by atoms with Gasteiger partial charge in [0.1, 0.15) is 0 Å². The van der Waals surface area contributed by atoms with Crippen LogP contribution in [0.5, 0.6) is 0 Å². The molecule has 0 aromatic carbocycles. The molecule has 0 atom stereocenters. The van der Waals surface area contributed by atoms with E-state index < -0.39 is 0 Å². The van der Waals surface area contributed by atoms with E-state index in [0.29, 0.717) is 0 Å². The molecule has 0 radical (unpaired) electrons. The highest BCUT2D eigenvalue weighted by molar-refractivity contribution is 5.03. The van der Waals surface area contributed by atoms with E-state index in [2.05, 4.69) is 13.8 Å². The highest BCUT2D eigenvalue weighted by Gasteiger charge is 2.51. The molecule has 0 amide bonds. The summed E-state index contributed by atoms with van der Waals surface area (Å²) >= 11 is 0. The van der Waals surface area contributed by atoms with E-state index in [9.17, 15) is 0 Å². The Balaban J connectivity index is 1.19. The average molecular weight is 415 g/mol. The minimum Gasteiger partial charge on any atom is -0.0654 e. The van der Waals surface area contributed by atoms with Crippen molar-refractivity contribution < 1.29 is 0 Å². The lowest BCUT2D eigenvalue weighted by atomic mass is 9.47. The molecule has 5 rings (SSSR count). The number of rotatable bonds is 10. The summed E-state index contributed by atoms with van der Waals surface area (Å²) in [5, 5.41) is 0. The maximum atomic E-state index is 2.36. The fourth-order valence-corrected chi connectivity index (χ4v) is 8.85. The maximum absolute atomic E-state index is 2.36. The van der Waals surface area contributed by atoms with E-state index in [4.69, 9.17) is 0 Å². The highest BCUT2D eigenvalue weighted by Crippen LogP contribution is 2.63. The molecule has 0 N–H and O–H groups in total. The third-order valence-corrected chi connectivity index (χ3v) is 11.2. The second-order valence-electron chi connectivity index (χ2n) is 12.7. The molecule has 0 saturated heterocycles. The molecule has 0 aromatic heterocycles. The number of fused-ring (bicyclic) bond motifs is 3. The van der Waals surface area contributed by atoms with E-state index in [-0.39, 0.29) is 0 Å². The number of unbranched alkanes of at least 4 members (excludes halogenated alkanes) is 4. The highest BCUT2D eigenvalue weighted by atomic mass is 14.6. The second kappa shape index (κ2) is 10.7. The largest absolute Gasteiger partial charge is 0.0654 e. The van der Waals surface area contributed by atoms with Crippen LogP contribution in [0.3, 0.4) is 0 Å². The van der Waals surface area contributed by atoms with Gasteiger partial charge in [0.15, 0.2) is 0 Å². The van der Waals surface area contributed by atoms with E-state index >= 15 is 0 Å². The molecule has 0 unspecified atom stereocenters. The normalized spacial score (nSPS) is 41.8. The van der Waals surface area contributed by atoms with Gasteiger partial charge in [0.25, 0.3) is 0 Å². The first-order valence-electron chi connectivity index (χ1n) is 14.7. The Bertz CT molecular complexity index is 464. The molecule has 2 bridgehead atoms. The zero-order chi connectivity index (χ0) is 20.9. The van der Waals surface area contributed by atoms with Gasteiger partial charge in [-0.1, -0.05) is 71.6 Å². The van der Waals surface area contributed by atoms with E-state index in [1.807, 2.05) is 0 Å². The van der Waals surface area contributed by atoms with E-state index in [1.165, 1.54) is 44.9 Å². The Kier molecular flexibility index (Phi) is 8.30. The van der Waals surface area contributed by atoms with Crippen LogP contribution in [0.2, 0.25) is 0 Å². The first-order chi connectivity index (χ1) is 14.7. The standard InChI is InChI=1S/C30H54/c1-3-5-7-8-18-29-19-22-30(23-20-29,24-21-29)28-16-14-27(15-17-28)26-12-10-25(11-13-26)9-6-4-2/h25-28H,3-24H2,1-2H3/t25-,26-,27?,28?,29?,30?. The first-order valence-corrected chi connectivity index (χ1v) is 14.7. The van der Waals surface area contributed by atoms with Gasteiger partial charge in [-0.3, -0.25) is 0 Å². The van der Waals surface area contributed by atoms with Crippen molar-refractivity contribution in [2.75, 3.05) is 0 Å². The van der Waals surface area contributed by atoms with Crippen molar-refractivity contribution in [1.82, 2.24) is 0 Å². The summed E-state index contributed by atoms with van der Waals surface area (Å²) in [5.41, 5.74) is 1.59. The third-order valence-electron chi connectivity index (χ3n) is 11.2. The van der Waals surface area contributed by atoms with Crippen LogP contribution < -0.4 is 0 Å². The summed E-state index contributed by atoms with van der Waals surface area (Å²) in [7, 11) is 0. The first kappa shape index (κ1) is 23.2. The van der Waals surface area contributed by atoms with Gasteiger partial charge in [-0.15, -0.1) is 0 Å². The van der Waals surface area contributed by atoms with Crippen molar-refractivity contribution >= 4 is 0 Å². The van der Waals surface area contributed by atoms with Gasteiger partial charge in [0.05, 0.1) is 0 Å². The van der Waals surface area contributed by atoms with Crippen molar-refractivity contribution in [2.45, 2.75) is 155 Å². The van der Waals surface area contributed by atoms with Crippen LogP contribution in [0.1, 0.15) is 155 Å². The number of hydrogen-bond donors (Lipinski definition) is 0. The van der Waals surface area contributed by atoms with Crippen LogP contribution in [-0.4, -0.2) is 0 Å². The van der Waals surface area contributed by atoms with Gasteiger partial charge in [0.2, 0.25) is 0 Å². The molecular formula is C30H54. The van der Waals surface area contributed by atoms with Crippen molar-refractivity contribution in [1.29, 1.82) is 0 Å². The van der Waals surface area contributed by atoms with E-state index in [1.54, 1.807) is 96.3 Å². The zero-order valence-corrected chi connectivity index (χ0v) is 20.9. The third kappa shape index (κ3) is 5.31. The fraction of sp³-hybridized carbons (Fsp3) is 1.00. The summed E-state index contributed by atoms with van der Waals surface area (Å²) in [4.78, 5) is 0. The Labute approximate surface area is 189 Å². The Morgan fingerprint density at radius 2 is 1.13 bits per heavy atom.